The molecule has 0 heterocycles. The number of rotatable bonds is 7. The van der Waals surface area contributed by atoms with Gasteiger partial charge in [-0.3, -0.25) is 0 Å². The van der Waals surface area contributed by atoms with Crippen LogP contribution in [0.1, 0.15) is 39.0 Å². The van der Waals surface area contributed by atoms with Gasteiger partial charge in [-0.25, -0.2) is 0 Å². The van der Waals surface area contributed by atoms with Crippen LogP contribution in [0.3, 0.4) is 0 Å². The van der Waals surface area contributed by atoms with Crippen LogP contribution in [0.4, 0.5) is 13.2 Å². The van der Waals surface area contributed by atoms with Gasteiger partial charge in [0.25, 0.3) is 0 Å². The molecule has 0 aromatic heterocycles. The van der Waals surface area contributed by atoms with E-state index in [0.29, 0.717) is 12.5 Å². The summed E-state index contributed by atoms with van der Waals surface area (Å²) in [5.74, 6) is 0.348. The molecule has 1 saturated carbocycles. The van der Waals surface area contributed by atoms with Crippen LogP contribution in [0.15, 0.2) is 0 Å². The molecule has 0 amide bonds. The van der Waals surface area contributed by atoms with Gasteiger partial charge in [-0.1, -0.05) is 0 Å². The molecule has 0 radical (unpaired) electrons. The maximum absolute atomic E-state index is 11.9. The molecule has 0 aromatic carbocycles. The monoisotopic (exact) mass is 240 g/mol. The maximum Gasteiger partial charge on any atom is 0.389 e. The molecule has 0 aromatic rings. The molecule has 96 valence electrons. The first-order valence-electron chi connectivity index (χ1n) is 5.80. The number of ether oxygens (including phenoxy) is 1. The number of aliphatic hydroxyl groups excluding tert-OH is 1. The van der Waals surface area contributed by atoms with E-state index >= 15 is 0 Å². The molecular weight excluding hydrogens is 221 g/mol. The second-order valence-electron chi connectivity index (χ2n) is 4.33. The molecule has 1 rings (SSSR count). The van der Waals surface area contributed by atoms with Crippen molar-refractivity contribution in [1.29, 1.82) is 0 Å². The molecule has 0 aliphatic heterocycles. The predicted molar refractivity (Wildman–Crippen MR) is 54.1 cm³/mol. The fraction of sp³-hybridized carbons (Fsp3) is 1.00. The Bertz CT molecular complexity index is 202. The van der Waals surface area contributed by atoms with Gasteiger partial charge in [0.15, 0.2) is 0 Å². The van der Waals surface area contributed by atoms with Crippen LogP contribution in [0.25, 0.3) is 0 Å². The van der Waals surface area contributed by atoms with Crippen LogP contribution in [-0.4, -0.2) is 30.1 Å². The lowest BCUT2D eigenvalue weighted by Crippen LogP contribution is -2.31. The van der Waals surface area contributed by atoms with Crippen molar-refractivity contribution in [2.24, 2.45) is 5.92 Å². The molecule has 0 saturated heterocycles. The smallest absolute Gasteiger partial charge is 0.389 e. The van der Waals surface area contributed by atoms with Crippen LogP contribution in [0.2, 0.25) is 0 Å². The lowest BCUT2D eigenvalue weighted by molar-refractivity contribution is -0.138. The molecule has 2 unspecified atom stereocenters. The zero-order chi connectivity index (χ0) is 12.2. The Kier molecular flexibility index (Phi) is 5.05. The predicted octanol–water partition coefficient (Wildman–Crippen LogP) is 2.90. The Hall–Kier alpha value is -0.290. The fourth-order valence-corrected chi connectivity index (χ4v) is 1.85. The van der Waals surface area contributed by atoms with Gasteiger partial charge in [-0.15, -0.1) is 0 Å². The average Bonchev–Trinajstić information content (AvgIpc) is 2.95. The summed E-state index contributed by atoms with van der Waals surface area (Å²) in [6.07, 6.45) is -3.80. The first kappa shape index (κ1) is 13.8. The maximum atomic E-state index is 11.9. The Balaban J connectivity index is 2.23. The van der Waals surface area contributed by atoms with Gasteiger partial charge in [0.1, 0.15) is 0 Å². The second kappa shape index (κ2) is 5.87. The average molecular weight is 240 g/mol. The third-order valence-corrected chi connectivity index (χ3v) is 2.79. The van der Waals surface area contributed by atoms with Gasteiger partial charge in [0, 0.05) is 13.0 Å². The summed E-state index contributed by atoms with van der Waals surface area (Å²) < 4.78 is 41.1. The molecule has 2 nitrogen and oxygen atoms in total. The van der Waals surface area contributed by atoms with Gasteiger partial charge in [0.2, 0.25) is 0 Å². The molecule has 1 N–H and O–H groups in total. The highest BCUT2D eigenvalue weighted by Crippen LogP contribution is 2.37. The summed E-state index contributed by atoms with van der Waals surface area (Å²) in [6, 6.07) is 0. The summed E-state index contributed by atoms with van der Waals surface area (Å²) in [7, 11) is 0. The Morgan fingerprint density at radius 1 is 1.38 bits per heavy atom. The van der Waals surface area contributed by atoms with Gasteiger partial charge >= 0.3 is 6.18 Å². The normalized spacial score (nSPS) is 20.8. The van der Waals surface area contributed by atoms with E-state index in [-0.39, 0.29) is 18.9 Å². The topological polar surface area (TPSA) is 29.5 Å². The number of hydrogen-bond donors (Lipinski definition) is 1. The summed E-state index contributed by atoms with van der Waals surface area (Å²) in [5, 5.41) is 9.75. The van der Waals surface area contributed by atoms with Crippen molar-refractivity contribution in [3.05, 3.63) is 0 Å². The molecular formula is C11H19F3O2. The van der Waals surface area contributed by atoms with E-state index in [1.807, 2.05) is 6.92 Å². The third kappa shape index (κ3) is 5.16. The van der Waals surface area contributed by atoms with E-state index < -0.39 is 18.7 Å². The van der Waals surface area contributed by atoms with Crippen LogP contribution in [-0.2, 0) is 4.74 Å². The number of halogens is 3. The van der Waals surface area contributed by atoms with E-state index in [0.717, 1.165) is 12.8 Å². The Labute approximate surface area is 93.8 Å². The minimum absolute atomic E-state index is 0.0268. The van der Waals surface area contributed by atoms with E-state index in [1.165, 1.54) is 0 Å². The van der Waals surface area contributed by atoms with E-state index in [4.69, 9.17) is 4.74 Å². The van der Waals surface area contributed by atoms with Crippen molar-refractivity contribution in [3.8, 4) is 0 Å². The van der Waals surface area contributed by atoms with E-state index in [2.05, 4.69) is 0 Å². The van der Waals surface area contributed by atoms with E-state index in [1.54, 1.807) is 0 Å². The van der Waals surface area contributed by atoms with Gasteiger partial charge < -0.3 is 9.84 Å². The summed E-state index contributed by atoms with van der Waals surface area (Å²) >= 11 is 0. The highest BCUT2D eigenvalue weighted by atomic mass is 19.4. The Morgan fingerprint density at radius 2 is 2.00 bits per heavy atom. The minimum atomic E-state index is -4.12. The molecule has 16 heavy (non-hydrogen) atoms. The highest BCUT2D eigenvalue weighted by molar-refractivity contribution is 4.86. The first-order chi connectivity index (χ1) is 7.44. The molecule has 0 bridgehead atoms. The quantitative estimate of drug-likeness (QED) is 0.741. The lowest BCUT2D eigenvalue weighted by Gasteiger charge is -2.22. The number of aliphatic hydroxyl groups is 1. The van der Waals surface area contributed by atoms with Crippen molar-refractivity contribution < 1.29 is 23.0 Å². The second-order valence-corrected chi connectivity index (χ2v) is 4.33. The molecule has 2 atom stereocenters. The number of alkyl halides is 3. The van der Waals surface area contributed by atoms with Crippen molar-refractivity contribution in [2.75, 3.05) is 6.61 Å². The summed E-state index contributed by atoms with van der Waals surface area (Å²) in [6.45, 7) is 2.33. The van der Waals surface area contributed by atoms with Crippen molar-refractivity contribution >= 4 is 0 Å². The Morgan fingerprint density at radius 3 is 2.44 bits per heavy atom. The van der Waals surface area contributed by atoms with Gasteiger partial charge in [-0.2, -0.15) is 13.2 Å². The van der Waals surface area contributed by atoms with Crippen LogP contribution >= 0.6 is 0 Å². The molecule has 5 heteroatoms. The van der Waals surface area contributed by atoms with Crippen LogP contribution < -0.4 is 0 Å². The largest absolute Gasteiger partial charge is 0.390 e. The summed E-state index contributed by atoms with van der Waals surface area (Å²) in [4.78, 5) is 0. The molecule has 1 fully saturated rings. The highest BCUT2D eigenvalue weighted by Gasteiger charge is 2.36. The SMILES string of the molecule is CCOC(C(O)CCCC(F)(F)F)C1CC1. The van der Waals surface area contributed by atoms with Gasteiger partial charge in [-0.05, 0) is 38.5 Å². The standard InChI is InChI=1S/C11H19F3O2/c1-2-16-10(8-5-6-8)9(15)4-3-7-11(12,13)14/h8-10,15H,2-7H2,1H3. The van der Waals surface area contributed by atoms with Crippen LogP contribution in [0.5, 0.6) is 0 Å². The van der Waals surface area contributed by atoms with Crippen molar-refractivity contribution in [3.63, 3.8) is 0 Å². The molecule has 0 spiro atoms. The fourth-order valence-electron chi connectivity index (χ4n) is 1.85. The van der Waals surface area contributed by atoms with Crippen molar-refractivity contribution in [2.45, 2.75) is 57.4 Å². The van der Waals surface area contributed by atoms with Crippen LogP contribution in [0, 0.1) is 5.92 Å². The zero-order valence-electron chi connectivity index (χ0n) is 9.46. The third-order valence-electron chi connectivity index (χ3n) is 2.79. The number of hydrogen-bond acceptors (Lipinski definition) is 2. The summed E-state index contributed by atoms with van der Waals surface area (Å²) in [5.41, 5.74) is 0. The first-order valence-corrected chi connectivity index (χ1v) is 5.80. The zero-order valence-corrected chi connectivity index (χ0v) is 9.46. The lowest BCUT2D eigenvalue weighted by atomic mass is 10.0. The van der Waals surface area contributed by atoms with E-state index in [9.17, 15) is 18.3 Å². The minimum Gasteiger partial charge on any atom is -0.390 e. The van der Waals surface area contributed by atoms with Gasteiger partial charge in [0.05, 0.1) is 12.2 Å². The van der Waals surface area contributed by atoms with Crippen molar-refractivity contribution in [1.82, 2.24) is 0 Å². The molecule has 1 aliphatic carbocycles. The molecule has 1 aliphatic rings.